The average Bonchev–Trinajstić information content (AvgIpc) is 3.40. The molecule has 33 heavy (non-hydrogen) atoms. The fraction of sp³-hybridized carbons (Fsp3) is 0.269. The molecule has 0 amide bonds. The summed E-state index contributed by atoms with van der Waals surface area (Å²) in [6.07, 6.45) is 1.80. The van der Waals surface area contributed by atoms with E-state index in [9.17, 15) is 9.90 Å². The first-order chi connectivity index (χ1) is 15.9. The van der Waals surface area contributed by atoms with Gasteiger partial charge < -0.3 is 14.7 Å². The fourth-order valence-electron chi connectivity index (χ4n) is 3.62. The van der Waals surface area contributed by atoms with E-state index in [1.165, 1.54) is 22.5 Å². The second kappa shape index (κ2) is 9.58. The minimum absolute atomic E-state index is 0.115. The molecule has 2 aromatic carbocycles. The summed E-state index contributed by atoms with van der Waals surface area (Å²) >= 11 is 1.41. The lowest BCUT2D eigenvalue weighted by Gasteiger charge is -2.18. The van der Waals surface area contributed by atoms with Crippen molar-refractivity contribution in [2.45, 2.75) is 33.6 Å². The predicted molar refractivity (Wildman–Crippen MR) is 133 cm³/mol. The van der Waals surface area contributed by atoms with Crippen LogP contribution in [-0.4, -0.2) is 35.0 Å². The Morgan fingerprint density at radius 3 is 2.64 bits per heavy atom. The molecule has 0 atom stereocenters. The van der Waals surface area contributed by atoms with Crippen LogP contribution < -0.4 is 4.90 Å². The number of nitrogens with one attached hydrogen (secondary N) is 1. The van der Waals surface area contributed by atoms with Crippen molar-refractivity contribution < 1.29 is 14.6 Å². The summed E-state index contributed by atoms with van der Waals surface area (Å²) in [5.41, 5.74) is 5.90. The number of aromatic nitrogens is 1. The lowest BCUT2D eigenvalue weighted by Crippen LogP contribution is -2.26. The molecule has 0 fully saturated rings. The molecule has 0 saturated heterocycles. The molecular formula is C26H27N3O3S. The normalized spacial score (nSPS) is 13.7. The van der Waals surface area contributed by atoms with E-state index in [-0.39, 0.29) is 24.1 Å². The number of nitrogens with zero attached hydrogens (tertiary/aromatic N) is 2. The molecular weight excluding hydrogens is 434 g/mol. The number of amidine groups is 1. The van der Waals surface area contributed by atoms with Crippen LogP contribution in [0.2, 0.25) is 0 Å². The van der Waals surface area contributed by atoms with Gasteiger partial charge in [0, 0.05) is 16.6 Å². The zero-order valence-electron chi connectivity index (χ0n) is 19.0. The van der Waals surface area contributed by atoms with Crippen LogP contribution in [0.5, 0.6) is 0 Å². The first kappa shape index (κ1) is 22.7. The zero-order valence-corrected chi connectivity index (χ0v) is 19.8. The van der Waals surface area contributed by atoms with Crippen LogP contribution in [0, 0.1) is 19.3 Å². The monoisotopic (exact) mass is 461 g/mol. The van der Waals surface area contributed by atoms with Gasteiger partial charge in [0.2, 0.25) is 0 Å². The van der Waals surface area contributed by atoms with Gasteiger partial charge in [-0.2, -0.15) is 0 Å². The second-order valence-corrected chi connectivity index (χ2v) is 8.99. The number of anilines is 1. The number of rotatable bonds is 7. The molecule has 1 aliphatic heterocycles. The third kappa shape index (κ3) is 4.68. The van der Waals surface area contributed by atoms with E-state index in [0.717, 1.165) is 29.8 Å². The van der Waals surface area contributed by atoms with Crippen molar-refractivity contribution in [3.63, 3.8) is 0 Å². The van der Waals surface area contributed by atoms with Crippen LogP contribution >= 0.6 is 11.3 Å². The molecule has 0 aliphatic carbocycles. The molecule has 2 N–H and O–H groups in total. The Kier molecular flexibility index (Phi) is 6.60. The van der Waals surface area contributed by atoms with Gasteiger partial charge in [-0.05, 0) is 61.7 Å². The van der Waals surface area contributed by atoms with Crippen LogP contribution in [0.15, 0.2) is 53.6 Å². The molecule has 1 aromatic heterocycles. The first-order valence-electron chi connectivity index (χ1n) is 11.0. The first-order valence-corrected chi connectivity index (χ1v) is 11.9. The third-order valence-electron chi connectivity index (χ3n) is 5.77. The van der Waals surface area contributed by atoms with Gasteiger partial charge in [0.1, 0.15) is 16.6 Å². The van der Waals surface area contributed by atoms with Crippen molar-refractivity contribution in [2.75, 3.05) is 18.1 Å². The lowest BCUT2D eigenvalue weighted by molar-refractivity contribution is 0.0500. The Morgan fingerprint density at radius 1 is 1.18 bits per heavy atom. The Bertz CT molecular complexity index is 1230. The number of ether oxygens (including phenoxy) is 1. The molecule has 2 heterocycles. The summed E-state index contributed by atoms with van der Waals surface area (Å²) in [4.78, 5) is 18.5. The summed E-state index contributed by atoms with van der Waals surface area (Å²) in [6, 6.07) is 13.1. The lowest BCUT2D eigenvalue weighted by atomic mass is 10.1. The van der Waals surface area contributed by atoms with Gasteiger partial charge in [0.25, 0.3) is 0 Å². The highest BCUT2D eigenvalue weighted by atomic mass is 32.1. The van der Waals surface area contributed by atoms with Crippen LogP contribution in [0.1, 0.15) is 46.3 Å². The molecule has 0 radical (unpaired) electrons. The number of carbonyl (C=O) groups excluding carboxylic acids is 1. The molecule has 3 aromatic rings. The Hall–Kier alpha value is -3.45. The number of aliphatic hydroxyl groups is 1. The van der Waals surface area contributed by atoms with Crippen molar-refractivity contribution in [1.82, 2.24) is 4.98 Å². The van der Waals surface area contributed by atoms with Crippen molar-refractivity contribution in [2.24, 2.45) is 0 Å². The van der Waals surface area contributed by atoms with Gasteiger partial charge in [0.15, 0.2) is 0 Å². The second-order valence-electron chi connectivity index (χ2n) is 8.13. The minimum Gasteiger partial charge on any atom is -0.510 e. The number of esters is 1. The molecule has 4 rings (SSSR count). The molecule has 1 aliphatic rings. The predicted octanol–water partition coefficient (Wildman–Crippen LogP) is 6.15. The van der Waals surface area contributed by atoms with Crippen LogP contribution in [0.25, 0.3) is 16.8 Å². The highest BCUT2D eigenvalue weighted by molar-refractivity contribution is 7.11. The van der Waals surface area contributed by atoms with Gasteiger partial charge in [-0.25, -0.2) is 9.78 Å². The van der Waals surface area contributed by atoms with E-state index < -0.39 is 0 Å². The summed E-state index contributed by atoms with van der Waals surface area (Å²) < 4.78 is 5.25. The zero-order chi connectivity index (χ0) is 23.5. The van der Waals surface area contributed by atoms with Crippen LogP contribution in [0.4, 0.5) is 5.69 Å². The Morgan fingerprint density at radius 2 is 1.94 bits per heavy atom. The molecule has 0 spiro atoms. The smallest absolute Gasteiger partial charge is 0.338 e. The van der Waals surface area contributed by atoms with Crippen molar-refractivity contribution in [3.05, 3.63) is 75.3 Å². The summed E-state index contributed by atoms with van der Waals surface area (Å²) in [5, 5.41) is 21.9. The van der Waals surface area contributed by atoms with E-state index in [0.29, 0.717) is 22.8 Å². The van der Waals surface area contributed by atoms with Crippen molar-refractivity contribution in [3.8, 4) is 11.3 Å². The molecule has 6 nitrogen and oxygen atoms in total. The molecule has 0 unspecified atom stereocenters. The van der Waals surface area contributed by atoms with E-state index >= 15 is 0 Å². The van der Waals surface area contributed by atoms with Crippen molar-refractivity contribution >= 4 is 34.4 Å². The number of aryl methyl sites for hydroxylation is 2. The van der Waals surface area contributed by atoms with E-state index in [4.69, 9.17) is 15.1 Å². The van der Waals surface area contributed by atoms with Gasteiger partial charge in [-0.1, -0.05) is 25.5 Å². The van der Waals surface area contributed by atoms with Gasteiger partial charge >= 0.3 is 5.97 Å². The van der Waals surface area contributed by atoms with E-state index in [2.05, 4.69) is 26.0 Å². The number of hydrogen-bond acceptors (Lipinski definition) is 6. The quantitative estimate of drug-likeness (QED) is 0.325. The molecule has 7 heteroatoms. The third-order valence-corrected chi connectivity index (χ3v) is 6.63. The molecule has 0 bridgehead atoms. The van der Waals surface area contributed by atoms with Crippen LogP contribution in [-0.2, 0) is 4.74 Å². The fourth-order valence-corrected chi connectivity index (χ4v) is 4.51. The van der Waals surface area contributed by atoms with Gasteiger partial charge in [-0.15, -0.1) is 11.3 Å². The standard InChI is InChI=1S/C26H27N3O3S/c1-4-5-12-32-26(31)18-8-10-20(11-9-18)29-14-22(30)23(24(29)27)25-28-21(15-33-25)19-7-6-16(2)17(3)13-19/h6-11,13,15,27,30H,4-5,12,14H2,1-3H3. The maximum absolute atomic E-state index is 12.1. The van der Waals surface area contributed by atoms with E-state index in [1.54, 1.807) is 29.2 Å². The number of benzene rings is 2. The van der Waals surface area contributed by atoms with E-state index in [1.807, 2.05) is 18.4 Å². The average molecular weight is 462 g/mol. The number of carbonyl (C=O) groups is 1. The highest BCUT2D eigenvalue weighted by Crippen LogP contribution is 2.34. The number of thiazole rings is 1. The number of aliphatic hydroxyl groups excluding tert-OH is 1. The maximum Gasteiger partial charge on any atom is 0.338 e. The topological polar surface area (TPSA) is 86.5 Å². The highest BCUT2D eigenvalue weighted by Gasteiger charge is 2.31. The van der Waals surface area contributed by atoms with Crippen LogP contribution in [0.3, 0.4) is 0 Å². The molecule has 0 saturated carbocycles. The summed E-state index contributed by atoms with van der Waals surface area (Å²) in [7, 11) is 0. The SMILES string of the molecule is CCCCOC(=O)c1ccc(N2CC(O)=C(c3nc(-c4ccc(C)c(C)c4)cs3)C2=N)cc1. The number of hydrogen-bond donors (Lipinski definition) is 2. The Balaban J connectivity index is 1.50. The van der Waals surface area contributed by atoms with Gasteiger partial charge in [0.05, 0.1) is 30.0 Å². The largest absolute Gasteiger partial charge is 0.510 e. The maximum atomic E-state index is 12.1. The molecule has 170 valence electrons. The Labute approximate surface area is 197 Å². The van der Waals surface area contributed by atoms with Gasteiger partial charge in [-0.3, -0.25) is 5.41 Å². The number of unbranched alkanes of at least 4 members (excludes halogenated alkanes) is 1. The summed E-state index contributed by atoms with van der Waals surface area (Å²) in [5.74, 6) is -0.0504. The van der Waals surface area contributed by atoms with Crippen molar-refractivity contribution in [1.29, 1.82) is 5.41 Å². The minimum atomic E-state index is -0.352. The summed E-state index contributed by atoms with van der Waals surface area (Å²) in [6.45, 7) is 6.78.